The fraction of sp³-hybridized carbons (Fsp3) is 0.889. The maximum absolute atomic E-state index is 8.92. The molecular weight excluding hydrogens is 136 g/mol. The molecule has 2 heteroatoms. The zero-order valence-corrected chi connectivity index (χ0v) is 7.52. The van der Waals surface area contributed by atoms with E-state index < -0.39 is 0 Å². The first-order valence-electron chi connectivity index (χ1n) is 4.18. The van der Waals surface area contributed by atoms with Crippen molar-refractivity contribution in [1.29, 1.82) is 5.26 Å². The molecule has 0 aromatic heterocycles. The van der Waals surface area contributed by atoms with Crippen LogP contribution in [0.5, 0.6) is 0 Å². The van der Waals surface area contributed by atoms with Crippen LogP contribution in [0, 0.1) is 28.6 Å². The largest absolute Gasteiger partial charge is 0.316 e. The highest BCUT2D eigenvalue weighted by molar-refractivity contribution is 5.00. The molecule has 2 atom stereocenters. The number of piperidine rings is 1. The highest BCUT2D eigenvalue weighted by atomic mass is 14.9. The molecule has 1 heterocycles. The van der Waals surface area contributed by atoms with Crippen LogP contribution in [0.1, 0.15) is 20.8 Å². The van der Waals surface area contributed by atoms with Crippen LogP contribution in [0.4, 0.5) is 0 Å². The van der Waals surface area contributed by atoms with Gasteiger partial charge in [-0.1, -0.05) is 20.8 Å². The van der Waals surface area contributed by atoms with Crippen molar-refractivity contribution >= 4 is 0 Å². The van der Waals surface area contributed by atoms with Crippen LogP contribution in [0.15, 0.2) is 0 Å². The van der Waals surface area contributed by atoms with E-state index in [1.54, 1.807) is 0 Å². The average molecular weight is 152 g/mol. The van der Waals surface area contributed by atoms with Crippen molar-refractivity contribution in [3.8, 4) is 6.07 Å². The topological polar surface area (TPSA) is 35.8 Å². The molecule has 1 fully saturated rings. The van der Waals surface area contributed by atoms with E-state index in [1.165, 1.54) is 0 Å². The van der Waals surface area contributed by atoms with Crippen LogP contribution in [0.25, 0.3) is 0 Å². The second-order valence-corrected chi connectivity index (χ2v) is 4.20. The summed E-state index contributed by atoms with van der Waals surface area (Å²) >= 11 is 0. The molecule has 0 amide bonds. The van der Waals surface area contributed by atoms with Crippen LogP contribution >= 0.6 is 0 Å². The van der Waals surface area contributed by atoms with Gasteiger partial charge in [-0.25, -0.2) is 0 Å². The molecular formula is C9H16N2. The van der Waals surface area contributed by atoms with Gasteiger partial charge in [-0.2, -0.15) is 5.26 Å². The number of hydrogen-bond donors (Lipinski definition) is 1. The zero-order chi connectivity index (χ0) is 8.48. The zero-order valence-electron chi connectivity index (χ0n) is 7.52. The summed E-state index contributed by atoms with van der Waals surface area (Å²) in [6.45, 7) is 8.41. The Hall–Kier alpha value is -0.550. The van der Waals surface area contributed by atoms with E-state index in [9.17, 15) is 0 Å². The van der Waals surface area contributed by atoms with Crippen molar-refractivity contribution in [2.45, 2.75) is 20.8 Å². The molecule has 1 N–H and O–H groups in total. The Morgan fingerprint density at radius 1 is 1.55 bits per heavy atom. The van der Waals surface area contributed by atoms with Crippen molar-refractivity contribution in [3.63, 3.8) is 0 Å². The molecule has 2 nitrogen and oxygen atoms in total. The third-order valence-corrected chi connectivity index (χ3v) is 2.60. The summed E-state index contributed by atoms with van der Waals surface area (Å²) in [6.07, 6.45) is 0. The average Bonchev–Trinajstić information content (AvgIpc) is 1.86. The minimum atomic E-state index is 0.145. The lowest BCUT2D eigenvalue weighted by Gasteiger charge is -2.39. The van der Waals surface area contributed by atoms with E-state index in [4.69, 9.17) is 5.26 Å². The summed E-state index contributed by atoms with van der Waals surface area (Å²) in [6, 6.07) is 2.40. The Balaban J connectivity index is 2.74. The van der Waals surface area contributed by atoms with Gasteiger partial charge in [0, 0.05) is 6.54 Å². The second-order valence-electron chi connectivity index (χ2n) is 4.20. The van der Waals surface area contributed by atoms with Gasteiger partial charge >= 0.3 is 0 Å². The van der Waals surface area contributed by atoms with Gasteiger partial charge in [0.15, 0.2) is 0 Å². The smallest absolute Gasteiger partial charge is 0.0665 e. The predicted octanol–water partition coefficient (Wildman–Crippen LogP) is 1.39. The first kappa shape index (κ1) is 8.55. The number of rotatable bonds is 0. The normalized spacial score (nSPS) is 36.2. The molecule has 0 spiro atoms. The molecule has 2 unspecified atom stereocenters. The Morgan fingerprint density at radius 2 is 2.18 bits per heavy atom. The molecule has 0 aromatic carbocycles. The van der Waals surface area contributed by atoms with Crippen molar-refractivity contribution in [1.82, 2.24) is 5.32 Å². The number of nitriles is 1. The molecule has 11 heavy (non-hydrogen) atoms. The molecule has 0 aliphatic carbocycles. The van der Waals surface area contributed by atoms with Gasteiger partial charge in [0.2, 0.25) is 0 Å². The van der Waals surface area contributed by atoms with Crippen molar-refractivity contribution in [2.24, 2.45) is 17.3 Å². The summed E-state index contributed by atoms with van der Waals surface area (Å²) in [7, 11) is 0. The fourth-order valence-corrected chi connectivity index (χ4v) is 1.92. The molecule has 0 saturated carbocycles. The van der Waals surface area contributed by atoms with Crippen LogP contribution in [0.3, 0.4) is 0 Å². The summed E-state index contributed by atoms with van der Waals surface area (Å²) in [4.78, 5) is 0. The predicted molar refractivity (Wildman–Crippen MR) is 44.9 cm³/mol. The lowest BCUT2D eigenvalue weighted by Crippen LogP contribution is -2.47. The standard InChI is InChI=1S/C9H16N2/c1-7-5-11-6-9(2,3)8(7)4-10/h7-8,11H,5-6H2,1-3H3. The number of nitrogens with zero attached hydrogens (tertiary/aromatic N) is 1. The van der Waals surface area contributed by atoms with Gasteiger partial charge in [-0.3, -0.25) is 0 Å². The van der Waals surface area contributed by atoms with E-state index in [-0.39, 0.29) is 11.3 Å². The molecule has 1 aliphatic rings. The maximum atomic E-state index is 8.92. The van der Waals surface area contributed by atoms with Crippen LogP contribution in [0.2, 0.25) is 0 Å². The van der Waals surface area contributed by atoms with Crippen LogP contribution < -0.4 is 5.32 Å². The lowest BCUT2D eigenvalue weighted by molar-refractivity contribution is 0.147. The highest BCUT2D eigenvalue weighted by Crippen LogP contribution is 2.34. The molecule has 0 aromatic rings. The first-order chi connectivity index (χ1) is 5.08. The minimum Gasteiger partial charge on any atom is -0.316 e. The van der Waals surface area contributed by atoms with Gasteiger partial charge in [0.05, 0.1) is 12.0 Å². The molecule has 1 rings (SSSR count). The van der Waals surface area contributed by atoms with Crippen LogP contribution in [-0.2, 0) is 0 Å². The SMILES string of the molecule is CC1CNCC(C)(C)C1C#N. The monoisotopic (exact) mass is 152 g/mol. The Labute approximate surface area is 68.6 Å². The first-order valence-corrected chi connectivity index (χ1v) is 4.18. The van der Waals surface area contributed by atoms with E-state index in [0.717, 1.165) is 13.1 Å². The highest BCUT2D eigenvalue weighted by Gasteiger charge is 2.36. The Kier molecular flexibility index (Phi) is 2.20. The lowest BCUT2D eigenvalue weighted by atomic mass is 9.71. The van der Waals surface area contributed by atoms with E-state index in [1.807, 2.05) is 0 Å². The minimum absolute atomic E-state index is 0.145. The quantitative estimate of drug-likeness (QED) is 0.569. The summed E-state index contributed by atoms with van der Waals surface area (Å²) < 4.78 is 0. The van der Waals surface area contributed by atoms with Crippen molar-refractivity contribution in [3.05, 3.63) is 0 Å². The van der Waals surface area contributed by atoms with Crippen molar-refractivity contribution in [2.75, 3.05) is 13.1 Å². The summed E-state index contributed by atoms with van der Waals surface area (Å²) in [5.41, 5.74) is 0.145. The van der Waals surface area contributed by atoms with E-state index in [0.29, 0.717) is 5.92 Å². The van der Waals surface area contributed by atoms with Gasteiger partial charge in [0.25, 0.3) is 0 Å². The third kappa shape index (κ3) is 1.54. The summed E-state index contributed by atoms with van der Waals surface area (Å²) in [5, 5.41) is 12.3. The molecule has 0 bridgehead atoms. The summed E-state index contributed by atoms with van der Waals surface area (Å²) in [5.74, 6) is 0.701. The molecule has 1 aliphatic heterocycles. The maximum Gasteiger partial charge on any atom is 0.0665 e. The second kappa shape index (κ2) is 2.83. The van der Waals surface area contributed by atoms with Gasteiger partial charge in [0.1, 0.15) is 0 Å². The molecule has 62 valence electrons. The third-order valence-electron chi connectivity index (χ3n) is 2.60. The van der Waals surface area contributed by atoms with Crippen molar-refractivity contribution < 1.29 is 0 Å². The van der Waals surface area contributed by atoms with E-state index in [2.05, 4.69) is 32.2 Å². The Bertz CT molecular complexity index is 178. The van der Waals surface area contributed by atoms with Gasteiger partial charge in [-0.15, -0.1) is 0 Å². The Morgan fingerprint density at radius 3 is 2.55 bits per heavy atom. The fourth-order valence-electron chi connectivity index (χ4n) is 1.92. The number of nitrogens with one attached hydrogen (secondary N) is 1. The van der Waals surface area contributed by atoms with Crippen LogP contribution in [-0.4, -0.2) is 13.1 Å². The number of hydrogen-bond acceptors (Lipinski definition) is 2. The molecule has 1 saturated heterocycles. The van der Waals surface area contributed by atoms with Gasteiger partial charge in [-0.05, 0) is 17.9 Å². The van der Waals surface area contributed by atoms with E-state index >= 15 is 0 Å². The molecule has 0 radical (unpaired) electrons. The van der Waals surface area contributed by atoms with Gasteiger partial charge < -0.3 is 5.32 Å².